The molecule has 2 aromatic carbocycles. The van der Waals surface area contributed by atoms with E-state index in [9.17, 15) is 9.18 Å². The number of aryl methyl sites for hydroxylation is 1. The fraction of sp³-hybridized carbons (Fsp3) is 0.125. The van der Waals surface area contributed by atoms with Crippen LogP contribution in [0.1, 0.15) is 10.4 Å². The number of fused-ring (bicyclic) bond motifs is 1. The smallest absolute Gasteiger partial charge is 0.255 e. The predicted molar refractivity (Wildman–Crippen MR) is 81.6 cm³/mol. The third-order valence-electron chi connectivity index (χ3n) is 3.34. The van der Waals surface area contributed by atoms with E-state index in [0.29, 0.717) is 22.6 Å². The lowest BCUT2D eigenvalue weighted by atomic mass is 10.1. The summed E-state index contributed by atoms with van der Waals surface area (Å²) in [6, 6.07) is 10.8. The van der Waals surface area contributed by atoms with Crippen molar-refractivity contribution >= 4 is 22.5 Å². The lowest BCUT2D eigenvalue weighted by molar-refractivity contribution is 0.102. The van der Waals surface area contributed by atoms with Crippen LogP contribution in [0.2, 0.25) is 0 Å². The largest absolute Gasteiger partial charge is 0.481 e. The fourth-order valence-electron chi connectivity index (χ4n) is 2.30. The number of nitrogens with zero attached hydrogens (tertiary/aromatic N) is 2. The minimum Gasteiger partial charge on any atom is -0.481 e. The topological polar surface area (TPSA) is 56.1 Å². The van der Waals surface area contributed by atoms with Gasteiger partial charge in [0, 0.05) is 18.3 Å². The molecule has 0 aliphatic carbocycles. The molecule has 0 bridgehead atoms. The Labute approximate surface area is 126 Å². The first kappa shape index (κ1) is 14.1. The number of ether oxygens (including phenoxy) is 1. The second-order valence-electron chi connectivity index (χ2n) is 4.83. The Bertz CT molecular complexity index is 840. The summed E-state index contributed by atoms with van der Waals surface area (Å²) in [7, 11) is 3.35. The van der Waals surface area contributed by atoms with Gasteiger partial charge in [-0.05, 0) is 42.5 Å². The Balaban J connectivity index is 1.89. The molecule has 1 heterocycles. The molecule has 0 saturated heterocycles. The van der Waals surface area contributed by atoms with Crippen molar-refractivity contribution in [3.63, 3.8) is 0 Å². The number of aromatic nitrogens is 2. The van der Waals surface area contributed by atoms with Gasteiger partial charge in [0.15, 0.2) is 0 Å². The molecule has 0 unspecified atom stereocenters. The maximum absolute atomic E-state index is 12.9. The molecule has 0 saturated carbocycles. The summed E-state index contributed by atoms with van der Waals surface area (Å²) in [5.74, 6) is 0.0126. The first-order valence-corrected chi connectivity index (χ1v) is 6.66. The molecule has 1 N–H and O–H groups in total. The summed E-state index contributed by atoms with van der Waals surface area (Å²) in [5, 5.41) is 7.86. The highest BCUT2D eigenvalue weighted by Gasteiger charge is 2.13. The van der Waals surface area contributed by atoms with Gasteiger partial charge in [-0.25, -0.2) is 9.07 Å². The Morgan fingerprint density at radius 2 is 1.95 bits per heavy atom. The highest BCUT2D eigenvalue weighted by molar-refractivity contribution is 6.06. The Hall–Kier alpha value is -2.89. The van der Waals surface area contributed by atoms with Gasteiger partial charge in [0.05, 0.1) is 18.0 Å². The second kappa shape index (κ2) is 5.48. The van der Waals surface area contributed by atoms with E-state index in [1.807, 2.05) is 0 Å². The molecule has 0 aliphatic rings. The zero-order chi connectivity index (χ0) is 15.7. The van der Waals surface area contributed by atoms with E-state index in [1.165, 1.54) is 24.3 Å². The zero-order valence-electron chi connectivity index (χ0n) is 12.1. The standard InChI is InChI=1S/C16H14FN3O2/c1-20-16(22-2)13-8-3-10(9-14(13)19-20)15(21)18-12-6-4-11(17)5-7-12/h3-9H,1-2H3,(H,18,21). The van der Waals surface area contributed by atoms with Crippen molar-refractivity contribution in [2.24, 2.45) is 7.05 Å². The van der Waals surface area contributed by atoms with Crippen molar-refractivity contribution in [2.75, 3.05) is 12.4 Å². The number of hydrogen-bond acceptors (Lipinski definition) is 3. The molecule has 0 radical (unpaired) electrons. The molecule has 1 amide bonds. The van der Waals surface area contributed by atoms with Crippen LogP contribution in [0.15, 0.2) is 42.5 Å². The summed E-state index contributed by atoms with van der Waals surface area (Å²) in [6.45, 7) is 0. The van der Waals surface area contributed by atoms with Crippen molar-refractivity contribution in [3.05, 3.63) is 53.8 Å². The SMILES string of the molecule is COc1c2ccc(C(=O)Nc3ccc(F)cc3)cc2nn1C. The maximum Gasteiger partial charge on any atom is 0.255 e. The molecule has 3 aromatic rings. The third-order valence-corrected chi connectivity index (χ3v) is 3.34. The Morgan fingerprint density at radius 3 is 2.64 bits per heavy atom. The van der Waals surface area contributed by atoms with E-state index in [2.05, 4.69) is 10.4 Å². The lowest BCUT2D eigenvalue weighted by Gasteiger charge is -2.05. The van der Waals surface area contributed by atoms with E-state index in [1.54, 1.807) is 37.0 Å². The van der Waals surface area contributed by atoms with E-state index >= 15 is 0 Å². The Kier molecular flexibility index (Phi) is 3.50. The number of amides is 1. The van der Waals surface area contributed by atoms with Crippen LogP contribution in [-0.4, -0.2) is 22.8 Å². The number of methoxy groups -OCH3 is 1. The molecule has 0 fully saturated rings. The number of carbonyl (C=O) groups is 1. The number of benzene rings is 2. The van der Waals surface area contributed by atoms with Crippen molar-refractivity contribution in [2.45, 2.75) is 0 Å². The average Bonchev–Trinajstić information content (AvgIpc) is 2.83. The summed E-state index contributed by atoms with van der Waals surface area (Å²) in [4.78, 5) is 12.2. The number of anilines is 1. The van der Waals surface area contributed by atoms with E-state index < -0.39 is 0 Å². The highest BCUT2D eigenvalue weighted by Crippen LogP contribution is 2.25. The van der Waals surface area contributed by atoms with Gasteiger partial charge >= 0.3 is 0 Å². The number of rotatable bonds is 3. The van der Waals surface area contributed by atoms with Crippen LogP contribution in [0.4, 0.5) is 10.1 Å². The van der Waals surface area contributed by atoms with Gasteiger partial charge in [0.25, 0.3) is 5.91 Å². The van der Waals surface area contributed by atoms with Gasteiger partial charge in [-0.2, -0.15) is 5.10 Å². The predicted octanol–water partition coefficient (Wildman–Crippen LogP) is 2.97. The highest BCUT2D eigenvalue weighted by atomic mass is 19.1. The summed E-state index contributed by atoms with van der Waals surface area (Å²) < 4.78 is 19.7. The molecular weight excluding hydrogens is 285 g/mol. The summed E-state index contributed by atoms with van der Waals surface area (Å²) in [5.41, 5.74) is 1.67. The molecule has 1 aromatic heterocycles. The van der Waals surface area contributed by atoms with Crippen molar-refractivity contribution in [1.29, 1.82) is 0 Å². The van der Waals surface area contributed by atoms with Gasteiger partial charge in [0.2, 0.25) is 5.88 Å². The second-order valence-corrected chi connectivity index (χ2v) is 4.83. The quantitative estimate of drug-likeness (QED) is 0.809. The monoisotopic (exact) mass is 299 g/mol. The van der Waals surface area contributed by atoms with Crippen molar-refractivity contribution in [3.8, 4) is 5.88 Å². The van der Waals surface area contributed by atoms with Crippen LogP contribution in [0.25, 0.3) is 10.9 Å². The third kappa shape index (κ3) is 2.50. The van der Waals surface area contributed by atoms with Crippen LogP contribution >= 0.6 is 0 Å². The molecule has 0 spiro atoms. The van der Waals surface area contributed by atoms with E-state index in [0.717, 1.165) is 5.39 Å². The number of nitrogens with one attached hydrogen (secondary N) is 1. The number of halogens is 1. The van der Waals surface area contributed by atoms with Crippen molar-refractivity contribution < 1.29 is 13.9 Å². The minimum absolute atomic E-state index is 0.280. The maximum atomic E-state index is 12.9. The van der Waals surface area contributed by atoms with E-state index in [4.69, 9.17) is 4.74 Å². The number of carbonyl (C=O) groups excluding carboxylic acids is 1. The molecular formula is C16H14FN3O2. The first-order valence-electron chi connectivity index (χ1n) is 6.66. The molecule has 5 nitrogen and oxygen atoms in total. The molecule has 3 rings (SSSR count). The normalized spacial score (nSPS) is 10.7. The van der Waals surface area contributed by atoms with Gasteiger partial charge in [0.1, 0.15) is 5.82 Å². The van der Waals surface area contributed by atoms with Crippen LogP contribution in [0, 0.1) is 5.82 Å². The van der Waals surface area contributed by atoms with Gasteiger partial charge in [-0.1, -0.05) is 0 Å². The zero-order valence-corrected chi connectivity index (χ0v) is 12.1. The molecule has 0 aliphatic heterocycles. The molecule has 6 heteroatoms. The fourth-order valence-corrected chi connectivity index (χ4v) is 2.30. The molecule has 0 atom stereocenters. The van der Waals surface area contributed by atoms with Crippen LogP contribution in [0.3, 0.4) is 0 Å². The Morgan fingerprint density at radius 1 is 1.23 bits per heavy atom. The lowest BCUT2D eigenvalue weighted by Crippen LogP contribution is -2.11. The van der Waals surface area contributed by atoms with Gasteiger partial charge < -0.3 is 10.1 Å². The molecule has 112 valence electrons. The minimum atomic E-state index is -0.347. The van der Waals surface area contributed by atoms with Crippen molar-refractivity contribution in [1.82, 2.24) is 9.78 Å². The summed E-state index contributed by atoms with van der Waals surface area (Å²) in [6.07, 6.45) is 0. The van der Waals surface area contributed by atoms with Gasteiger partial charge in [-0.3, -0.25) is 4.79 Å². The van der Waals surface area contributed by atoms with Gasteiger partial charge in [-0.15, -0.1) is 0 Å². The van der Waals surface area contributed by atoms with Crippen LogP contribution in [-0.2, 0) is 7.05 Å². The molecule has 22 heavy (non-hydrogen) atoms. The average molecular weight is 299 g/mol. The van der Waals surface area contributed by atoms with E-state index in [-0.39, 0.29) is 11.7 Å². The first-order chi connectivity index (χ1) is 10.6. The van der Waals surface area contributed by atoms with Crippen LogP contribution < -0.4 is 10.1 Å². The number of hydrogen-bond donors (Lipinski definition) is 1. The van der Waals surface area contributed by atoms with Crippen LogP contribution in [0.5, 0.6) is 5.88 Å². The summed E-state index contributed by atoms with van der Waals surface area (Å²) >= 11 is 0.